The molecule has 1 atom stereocenters. The van der Waals surface area contributed by atoms with Crippen LogP contribution < -0.4 is 20.9 Å². The molecule has 10 nitrogen and oxygen atoms in total. The third kappa shape index (κ3) is 4.42. The van der Waals surface area contributed by atoms with E-state index >= 15 is 0 Å². The van der Waals surface area contributed by atoms with Crippen molar-refractivity contribution in [2.45, 2.75) is 26.5 Å². The third-order valence-electron chi connectivity index (χ3n) is 5.91. The molecule has 0 aliphatic carbocycles. The Morgan fingerprint density at radius 2 is 1.97 bits per heavy atom. The fourth-order valence-corrected chi connectivity index (χ4v) is 4.06. The number of piperazine rings is 1. The van der Waals surface area contributed by atoms with Gasteiger partial charge in [0.05, 0.1) is 6.54 Å². The van der Waals surface area contributed by atoms with Crippen LogP contribution in [0.4, 0.5) is 5.95 Å². The van der Waals surface area contributed by atoms with Gasteiger partial charge in [0.2, 0.25) is 5.95 Å². The zero-order valence-electron chi connectivity index (χ0n) is 18.7. The lowest BCUT2D eigenvalue weighted by molar-refractivity contribution is 0.0935. The van der Waals surface area contributed by atoms with E-state index in [-0.39, 0.29) is 18.7 Å². The summed E-state index contributed by atoms with van der Waals surface area (Å²) in [6, 6.07) is 7.61. The molecule has 1 aliphatic heterocycles. The maximum atomic E-state index is 12.7. The van der Waals surface area contributed by atoms with Gasteiger partial charge in [0, 0.05) is 33.2 Å². The molecule has 172 valence electrons. The van der Waals surface area contributed by atoms with Gasteiger partial charge in [-0.1, -0.05) is 19.1 Å². The lowest BCUT2D eigenvalue weighted by Crippen LogP contribution is -2.47. The van der Waals surface area contributed by atoms with E-state index in [0.717, 1.165) is 38.3 Å². The Bertz CT molecular complexity index is 1210. The molecule has 10 heteroatoms. The molecule has 1 aromatic carbocycles. The van der Waals surface area contributed by atoms with Crippen molar-refractivity contribution in [2.24, 2.45) is 7.05 Å². The quantitative estimate of drug-likeness (QED) is 0.542. The minimum Gasteiger partial charge on any atom is -0.491 e. The number of imidazole rings is 1. The van der Waals surface area contributed by atoms with E-state index in [0.29, 0.717) is 17.3 Å². The number of aromatic nitrogens is 4. The maximum absolute atomic E-state index is 12.7. The predicted molar refractivity (Wildman–Crippen MR) is 123 cm³/mol. The van der Waals surface area contributed by atoms with Gasteiger partial charge < -0.3 is 24.2 Å². The lowest BCUT2D eigenvalue weighted by Gasteiger charge is -2.35. The molecular formula is C22H30N6O4. The first-order valence-corrected chi connectivity index (χ1v) is 10.9. The maximum Gasteiger partial charge on any atom is 0.329 e. The molecular weight excluding hydrogens is 412 g/mol. The number of hydrogen-bond acceptors (Lipinski definition) is 7. The van der Waals surface area contributed by atoms with Gasteiger partial charge >= 0.3 is 5.69 Å². The molecule has 32 heavy (non-hydrogen) atoms. The van der Waals surface area contributed by atoms with E-state index in [1.807, 2.05) is 31.2 Å². The van der Waals surface area contributed by atoms with Gasteiger partial charge in [-0.25, -0.2) is 4.79 Å². The number of benzene rings is 1. The van der Waals surface area contributed by atoms with E-state index in [1.54, 1.807) is 11.6 Å². The molecule has 2 aromatic heterocycles. The van der Waals surface area contributed by atoms with E-state index < -0.39 is 17.4 Å². The summed E-state index contributed by atoms with van der Waals surface area (Å²) in [6.45, 7) is 8.53. The van der Waals surface area contributed by atoms with Crippen molar-refractivity contribution in [1.82, 2.24) is 24.0 Å². The summed E-state index contributed by atoms with van der Waals surface area (Å²) in [5, 5.41) is 10.7. The number of H-pyrrole nitrogens is 1. The molecule has 1 unspecified atom stereocenters. The second-order valence-electron chi connectivity index (χ2n) is 8.22. The van der Waals surface area contributed by atoms with Crippen LogP contribution in [-0.2, 0) is 13.6 Å². The van der Waals surface area contributed by atoms with E-state index in [9.17, 15) is 14.7 Å². The van der Waals surface area contributed by atoms with Crippen LogP contribution in [-0.4, -0.2) is 74.5 Å². The Labute approximate surface area is 185 Å². The summed E-state index contributed by atoms with van der Waals surface area (Å²) in [6.07, 6.45) is -0.875. The molecule has 1 saturated heterocycles. The number of aliphatic hydroxyl groups excluding tert-OH is 1. The molecule has 0 radical (unpaired) electrons. The first kappa shape index (κ1) is 22.1. The summed E-state index contributed by atoms with van der Waals surface area (Å²) in [7, 11) is 1.58. The number of likely N-dealkylation sites (N-methyl/N-ethyl adjacent to an activating group) is 1. The molecule has 1 fully saturated rings. The monoisotopic (exact) mass is 442 g/mol. The number of ether oxygens (including phenoxy) is 1. The van der Waals surface area contributed by atoms with Gasteiger partial charge in [0.1, 0.15) is 18.5 Å². The van der Waals surface area contributed by atoms with Crippen molar-refractivity contribution >= 4 is 17.1 Å². The minimum atomic E-state index is -0.875. The highest BCUT2D eigenvalue weighted by Crippen LogP contribution is 2.22. The predicted octanol–water partition coefficient (Wildman–Crippen LogP) is 0.314. The van der Waals surface area contributed by atoms with E-state index in [2.05, 4.69) is 26.7 Å². The van der Waals surface area contributed by atoms with Crippen LogP contribution in [0.3, 0.4) is 0 Å². The third-order valence-corrected chi connectivity index (χ3v) is 5.91. The highest BCUT2D eigenvalue weighted by atomic mass is 16.5. The van der Waals surface area contributed by atoms with Gasteiger partial charge in [-0.2, -0.15) is 4.98 Å². The second kappa shape index (κ2) is 9.17. The summed E-state index contributed by atoms with van der Waals surface area (Å²) >= 11 is 0. The molecule has 1 aliphatic rings. The van der Waals surface area contributed by atoms with Gasteiger partial charge in [0.15, 0.2) is 11.2 Å². The van der Waals surface area contributed by atoms with Crippen molar-refractivity contribution in [1.29, 1.82) is 0 Å². The van der Waals surface area contributed by atoms with Crippen molar-refractivity contribution in [2.75, 3.05) is 44.2 Å². The molecule has 4 rings (SSSR count). The van der Waals surface area contributed by atoms with E-state index in [1.165, 1.54) is 4.57 Å². The number of aryl methyl sites for hydroxylation is 2. The summed E-state index contributed by atoms with van der Waals surface area (Å²) in [5.74, 6) is 1.26. The highest BCUT2D eigenvalue weighted by molar-refractivity contribution is 5.74. The van der Waals surface area contributed by atoms with Crippen molar-refractivity contribution < 1.29 is 9.84 Å². The number of nitrogens with one attached hydrogen (secondary N) is 1. The number of rotatable bonds is 7. The first-order valence-electron chi connectivity index (χ1n) is 10.9. The average molecular weight is 443 g/mol. The molecule has 0 bridgehead atoms. The zero-order chi connectivity index (χ0) is 22.8. The Kier molecular flexibility index (Phi) is 6.33. The number of aromatic amines is 1. The first-order chi connectivity index (χ1) is 15.4. The Morgan fingerprint density at radius 3 is 2.66 bits per heavy atom. The standard InChI is InChI=1S/C22H30N6O4/c1-4-26-8-10-27(11-9-26)21-23-19-18(20(30)24-22(31)25(19)3)28(21)13-16(29)14-32-17-7-5-6-15(2)12-17/h5-7,12,16,29H,4,8-11,13-14H2,1-3H3,(H,24,30,31). The smallest absolute Gasteiger partial charge is 0.329 e. The van der Waals surface area contributed by atoms with Crippen LogP contribution in [0.1, 0.15) is 12.5 Å². The fourth-order valence-electron chi connectivity index (χ4n) is 4.06. The van der Waals surface area contributed by atoms with E-state index in [4.69, 9.17) is 4.74 Å². The van der Waals surface area contributed by atoms with Crippen LogP contribution in [0.15, 0.2) is 33.9 Å². The van der Waals surface area contributed by atoms with Crippen LogP contribution >= 0.6 is 0 Å². The molecule has 3 heterocycles. The molecule has 0 saturated carbocycles. The number of fused-ring (bicyclic) bond motifs is 1. The number of anilines is 1. The molecule has 0 spiro atoms. The number of aliphatic hydroxyl groups is 1. The molecule has 2 N–H and O–H groups in total. The molecule has 0 amide bonds. The average Bonchev–Trinajstić information content (AvgIpc) is 3.16. The Hall–Kier alpha value is -3.11. The zero-order valence-corrected chi connectivity index (χ0v) is 18.7. The second-order valence-corrected chi connectivity index (χ2v) is 8.22. The summed E-state index contributed by atoms with van der Waals surface area (Å²) in [5.41, 5.74) is 0.616. The Morgan fingerprint density at radius 1 is 1.22 bits per heavy atom. The van der Waals surface area contributed by atoms with Crippen molar-refractivity contribution in [3.8, 4) is 5.75 Å². The van der Waals surface area contributed by atoms with Gasteiger partial charge in [-0.05, 0) is 31.2 Å². The van der Waals surface area contributed by atoms with Crippen LogP contribution in [0.25, 0.3) is 11.2 Å². The number of hydrogen-bond donors (Lipinski definition) is 2. The minimum absolute atomic E-state index is 0.0653. The van der Waals surface area contributed by atoms with Crippen molar-refractivity contribution in [3.05, 3.63) is 50.7 Å². The van der Waals surface area contributed by atoms with Gasteiger partial charge in [0.25, 0.3) is 5.56 Å². The van der Waals surface area contributed by atoms with Crippen LogP contribution in [0, 0.1) is 6.92 Å². The largest absolute Gasteiger partial charge is 0.491 e. The summed E-state index contributed by atoms with van der Waals surface area (Å²) in [4.78, 5) is 36.2. The van der Waals surface area contributed by atoms with Crippen LogP contribution in [0.5, 0.6) is 5.75 Å². The van der Waals surface area contributed by atoms with Crippen LogP contribution in [0.2, 0.25) is 0 Å². The fraction of sp³-hybridized carbons (Fsp3) is 0.500. The molecule has 3 aromatic rings. The normalized spacial score (nSPS) is 15.9. The van der Waals surface area contributed by atoms with Gasteiger partial charge in [-0.3, -0.25) is 14.3 Å². The highest BCUT2D eigenvalue weighted by Gasteiger charge is 2.25. The lowest BCUT2D eigenvalue weighted by atomic mass is 10.2. The number of nitrogens with zero attached hydrogens (tertiary/aromatic N) is 5. The van der Waals surface area contributed by atoms with Gasteiger partial charge in [-0.15, -0.1) is 0 Å². The van der Waals surface area contributed by atoms with Crippen molar-refractivity contribution in [3.63, 3.8) is 0 Å². The summed E-state index contributed by atoms with van der Waals surface area (Å²) < 4.78 is 8.79. The SMILES string of the molecule is CCN1CCN(c2nc3c(c(=O)[nH]c(=O)n3C)n2CC(O)COc2cccc(C)c2)CC1. The Balaban J connectivity index is 1.64. The topological polar surface area (TPSA) is 109 Å².